The average molecular weight is 342 g/mol. The third kappa shape index (κ3) is 3.31. The van der Waals surface area contributed by atoms with Crippen molar-refractivity contribution in [2.24, 2.45) is 0 Å². The molecule has 0 bridgehead atoms. The van der Waals surface area contributed by atoms with Gasteiger partial charge in [-0.2, -0.15) is 0 Å². The minimum Gasteiger partial charge on any atom is -0.477 e. The zero-order valence-electron chi connectivity index (χ0n) is 12.4. The standard InChI is InChI=1S/C17H14N2O4S/c20-17(21)16-15(13-8-4-5-9-14(13)18-16)19-24(22,23)11-10-12-6-2-1-3-7-12/h1-11,18-19H,(H,20,21). The van der Waals surface area contributed by atoms with Crippen LogP contribution in [0.25, 0.3) is 17.0 Å². The first-order valence-corrected chi connectivity index (χ1v) is 8.61. The van der Waals surface area contributed by atoms with Crippen molar-refractivity contribution in [2.45, 2.75) is 0 Å². The fraction of sp³-hybridized carbons (Fsp3) is 0. The molecule has 0 aliphatic carbocycles. The number of benzene rings is 2. The van der Waals surface area contributed by atoms with E-state index in [2.05, 4.69) is 9.71 Å². The van der Waals surface area contributed by atoms with Crippen molar-refractivity contribution in [3.05, 3.63) is 71.3 Å². The first-order chi connectivity index (χ1) is 11.5. The van der Waals surface area contributed by atoms with Crippen molar-refractivity contribution in [1.29, 1.82) is 0 Å². The van der Waals surface area contributed by atoms with Crippen LogP contribution in [0.2, 0.25) is 0 Å². The number of carbonyl (C=O) groups is 1. The quantitative estimate of drug-likeness (QED) is 0.662. The lowest BCUT2D eigenvalue weighted by atomic mass is 10.2. The first kappa shape index (κ1) is 15.8. The van der Waals surface area contributed by atoms with Crippen LogP contribution >= 0.6 is 0 Å². The molecule has 0 spiro atoms. The van der Waals surface area contributed by atoms with Gasteiger partial charge in [-0.3, -0.25) is 4.72 Å². The fourth-order valence-electron chi connectivity index (χ4n) is 2.32. The number of rotatable bonds is 5. The van der Waals surface area contributed by atoms with Gasteiger partial charge in [0.2, 0.25) is 0 Å². The third-order valence-corrected chi connectivity index (χ3v) is 4.39. The molecule has 0 fully saturated rings. The number of carboxylic acid groups (broad SMARTS) is 1. The van der Waals surface area contributed by atoms with Gasteiger partial charge in [-0.25, -0.2) is 13.2 Å². The van der Waals surface area contributed by atoms with Gasteiger partial charge in [-0.05, 0) is 17.7 Å². The first-order valence-electron chi connectivity index (χ1n) is 7.06. The molecule has 0 radical (unpaired) electrons. The highest BCUT2D eigenvalue weighted by Crippen LogP contribution is 2.28. The summed E-state index contributed by atoms with van der Waals surface area (Å²) in [4.78, 5) is 14.1. The molecule has 0 aliphatic heterocycles. The summed E-state index contributed by atoms with van der Waals surface area (Å²) in [7, 11) is -3.86. The van der Waals surface area contributed by atoms with Crippen molar-refractivity contribution >= 4 is 38.7 Å². The van der Waals surface area contributed by atoms with E-state index in [-0.39, 0.29) is 11.4 Å². The number of H-pyrrole nitrogens is 1. The Kier molecular flexibility index (Phi) is 4.09. The summed E-state index contributed by atoms with van der Waals surface area (Å²) >= 11 is 0. The minimum absolute atomic E-state index is 0.0239. The van der Waals surface area contributed by atoms with Crippen LogP contribution < -0.4 is 4.72 Å². The van der Waals surface area contributed by atoms with E-state index in [0.29, 0.717) is 10.9 Å². The van der Waals surface area contributed by atoms with Gasteiger partial charge in [-0.15, -0.1) is 0 Å². The van der Waals surface area contributed by atoms with Crippen molar-refractivity contribution in [2.75, 3.05) is 4.72 Å². The number of aromatic nitrogens is 1. The van der Waals surface area contributed by atoms with E-state index in [1.165, 1.54) is 6.08 Å². The van der Waals surface area contributed by atoms with E-state index >= 15 is 0 Å². The molecule has 0 saturated heterocycles. The van der Waals surface area contributed by atoms with Gasteiger partial charge in [-0.1, -0.05) is 48.5 Å². The molecule has 3 rings (SSSR count). The molecule has 1 heterocycles. The Bertz CT molecular complexity index is 1020. The molecule has 0 aliphatic rings. The number of sulfonamides is 1. The SMILES string of the molecule is O=C(O)c1[nH]c2ccccc2c1NS(=O)(=O)C=Cc1ccccc1. The summed E-state index contributed by atoms with van der Waals surface area (Å²) in [6, 6.07) is 15.7. The Labute approximate surface area is 138 Å². The van der Waals surface area contributed by atoms with Crippen molar-refractivity contribution in [1.82, 2.24) is 4.98 Å². The maximum absolute atomic E-state index is 12.3. The smallest absolute Gasteiger partial charge is 0.354 e. The second-order valence-corrected chi connectivity index (χ2v) is 6.65. The predicted molar refractivity (Wildman–Crippen MR) is 93.3 cm³/mol. The highest BCUT2D eigenvalue weighted by molar-refractivity contribution is 7.95. The number of aromatic amines is 1. The summed E-state index contributed by atoms with van der Waals surface area (Å²) < 4.78 is 26.9. The molecule has 24 heavy (non-hydrogen) atoms. The lowest BCUT2D eigenvalue weighted by Gasteiger charge is -2.04. The van der Waals surface area contributed by atoms with Gasteiger partial charge in [0.1, 0.15) is 5.69 Å². The van der Waals surface area contributed by atoms with Crippen LogP contribution in [0.4, 0.5) is 5.69 Å². The molecule has 0 amide bonds. The topological polar surface area (TPSA) is 99.3 Å². The molecule has 0 unspecified atom stereocenters. The predicted octanol–water partition coefficient (Wildman–Crippen LogP) is 3.28. The Morgan fingerprint density at radius 1 is 1.04 bits per heavy atom. The maximum Gasteiger partial charge on any atom is 0.354 e. The summed E-state index contributed by atoms with van der Waals surface area (Å²) in [5, 5.41) is 10.8. The van der Waals surface area contributed by atoms with Crippen molar-refractivity contribution in [3.63, 3.8) is 0 Å². The molecule has 0 saturated carbocycles. The zero-order chi connectivity index (χ0) is 17.2. The number of nitrogens with one attached hydrogen (secondary N) is 2. The molecule has 3 N–H and O–H groups in total. The van der Waals surface area contributed by atoms with Crippen LogP contribution in [-0.4, -0.2) is 24.5 Å². The number of carboxylic acids is 1. The molecule has 2 aromatic carbocycles. The molecule has 1 aromatic heterocycles. The number of para-hydroxylation sites is 1. The summed E-state index contributed by atoms with van der Waals surface area (Å²) in [6.07, 6.45) is 1.44. The monoisotopic (exact) mass is 342 g/mol. The second kappa shape index (κ2) is 6.21. The summed E-state index contributed by atoms with van der Waals surface area (Å²) in [5.41, 5.74) is 1.09. The lowest BCUT2D eigenvalue weighted by molar-refractivity contribution is 0.0692. The Hall–Kier alpha value is -3.06. The fourth-order valence-corrected chi connectivity index (χ4v) is 3.22. The highest BCUT2D eigenvalue weighted by atomic mass is 32.2. The van der Waals surface area contributed by atoms with E-state index in [0.717, 1.165) is 11.0 Å². The molecule has 6 nitrogen and oxygen atoms in total. The highest BCUT2D eigenvalue weighted by Gasteiger charge is 2.20. The van der Waals surface area contributed by atoms with Gasteiger partial charge >= 0.3 is 5.97 Å². The van der Waals surface area contributed by atoms with Crippen LogP contribution in [0.3, 0.4) is 0 Å². The van der Waals surface area contributed by atoms with E-state index in [1.807, 2.05) is 6.07 Å². The average Bonchev–Trinajstić information content (AvgIpc) is 2.93. The molecular weight excluding hydrogens is 328 g/mol. The van der Waals surface area contributed by atoms with E-state index in [9.17, 15) is 18.3 Å². The van der Waals surface area contributed by atoms with Gasteiger partial charge in [0.05, 0.1) is 11.1 Å². The van der Waals surface area contributed by atoms with E-state index in [1.54, 1.807) is 48.5 Å². The zero-order valence-corrected chi connectivity index (χ0v) is 13.2. The van der Waals surface area contributed by atoms with Crippen molar-refractivity contribution in [3.8, 4) is 0 Å². The van der Waals surface area contributed by atoms with Gasteiger partial charge in [0.15, 0.2) is 0 Å². The number of fused-ring (bicyclic) bond motifs is 1. The molecule has 3 aromatic rings. The number of hydrogen-bond acceptors (Lipinski definition) is 3. The number of aromatic carboxylic acids is 1. The number of anilines is 1. The van der Waals surface area contributed by atoms with Crippen LogP contribution in [0.1, 0.15) is 16.1 Å². The van der Waals surface area contributed by atoms with Crippen LogP contribution in [0, 0.1) is 0 Å². The third-order valence-electron chi connectivity index (χ3n) is 3.40. The Morgan fingerprint density at radius 3 is 2.42 bits per heavy atom. The van der Waals surface area contributed by atoms with Gasteiger partial charge in [0.25, 0.3) is 10.0 Å². The van der Waals surface area contributed by atoms with Crippen LogP contribution in [-0.2, 0) is 10.0 Å². The maximum atomic E-state index is 12.3. The van der Waals surface area contributed by atoms with Crippen LogP contribution in [0.5, 0.6) is 0 Å². The Morgan fingerprint density at radius 2 is 1.71 bits per heavy atom. The molecule has 122 valence electrons. The largest absolute Gasteiger partial charge is 0.477 e. The Balaban J connectivity index is 1.98. The summed E-state index contributed by atoms with van der Waals surface area (Å²) in [6.45, 7) is 0. The molecular formula is C17H14N2O4S. The van der Waals surface area contributed by atoms with Crippen LogP contribution in [0.15, 0.2) is 60.0 Å². The summed E-state index contributed by atoms with van der Waals surface area (Å²) in [5.74, 6) is -1.24. The normalized spacial score (nSPS) is 11.8. The van der Waals surface area contributed by atoms with E-state index < -0.39 is 16.0 Å². The molecule has 0 atom stereocenters. The van der Waals surface area contributed by atoms with Gasteiger partial charge in [0, 0.05) is 10.9 Å². The van der Waals surface area contributed by atoms with E-state index in [4.69, 9.17) is 0 Å². The van der Waals surface area contributed by atoms with Gasteiger partial charge < -0.3 is 10.1 Å². The number of hydrogen-bond donors (Lipinski definition) is 3. The minimum atomic E-state index is -3.86. The molecule has 7 heteroatoms. The van der Waals surface area contributed by atoms with Crippen molar-refractivity contribution < 1.29 is 18.3 Å². The second-order valence-electron chi connectivity index (χ2n) is 5.09. The lowest BCUT2D eigenvalue weighted by Crippen LogP contribution is -2.12.